The van der Waals surface area contributed by atoms with E-state index in [-0.39, 0.29) is 5.60 Å². The van der Waals surface area contributed by atoms with Crippen molar-refractivity contribution >= 4 is 34.6 Å². The van der Waals surface area contributed by atoms with Gasteiger partial charge < -0.3 is 10.5 Å². The lowest BCUT2D eigenvalue weighted by Crippen LogP contribution is -2.45. The first-order valence-corrected chi connectivity index (χ1v) is 10.4. The molecule has 26 heavy (non-hydrogen) atoms. The Labute approximate surface area is 167 Å². The fraction of sp³-hybridized carbons (Fsp3) is 0.571. The first-order valence-electron chi connectivity index (χ1n) is 9.46. The second-order valence-electron chi connectivity index (χ2n) is 7.08. The molecule has 1 aromatic rings. The van der Waals surface area contributed by atoms with Crippen molar-refractivity contribution in [3.63, 3.8) is 0 Å². The van der Waals surface area contributed by atoms with Crippen LogP contribution >= 0.6 is 23.2 Å². The summed E-state index contributed by atoms with van der Waals surface area (Å²) in [7, 11) is 0. The van der Waals surface area contributed by atoms with Gasteiger partial charge in [0, 0.05) is 29.5 Å². The fourth-order valence-electron chi connectivity index (χ4n) is 3.54. The number of ether oxygens (including phenoxy) is 1. The van der Waals surface area contributed by atoms with Crippen LogP contribution in [0.5, 0.6) is 0 Å². The predicted molar refractivity (Wildman–Crippen MR) is 113 cm³/mol. The van der Waals surface area contributed by atoms with Crippen molar-refractivity contribution in [2.24, 2.45) is 16.6 Å². The van der Waals surface area contributed by atoms with Crippen molar-refractivity contribution in [1.29, 1.82) is 0 Å². The second-order valence-corrected chi connectivity index (χ2v) is 7.78. The summed E-state index contributed by atoms with van der Waals surface area (Å²) in [6, 6.07) is 7.58. The van der Waals surface area contributed by atoms with E-state index < -0.39 is 0 Å². The van der Waals surface area contributed by atoms with Crippen LogP contribution in [0.3, 0.4) is 0 Å². The highest BCUT2D eigenvalue weighted by molar-refractivity contribution is 6.30. The van der Waals surface area contributed by atoms with Gasteiger partial charge in [-0.3, -0.25) is 4.99 Å². The summed E-state index contributed by atoms with van der Waals surface area (Å²) < 4.78 is 6.41. The molecule has 2 N–H and O–H groups in total. The third-order valence-electron chi connectivity index (χ3n) is 5.32. The van der Waals surface area contributed by atoms with E-state index in [0.29, 0.717) is 22.5 Å². The molecule has 1 saturated carbocycles. The summed E-state index contributed by atoms with van der Waals surface area (Å²) in [5.74, 6) is 0.744. The highest BCUT2D eigenvalue weighted by Crippen LogP contribution is 2.42. The summed E-state index contributed by atoms with van der Waals surface area (Å²) in [5, 5.41) is 0.679. The lowest BCUT2D eigenvalue weighted by atomic mass is 9.72. The van der Waals surface area contributed by atoms with Crippen LogP contribution in [0.1, 0.15) is 52.9 Å². The first-order chi connectivity index (χ1) is 12.5. The second kappa shape index (κ2) is 9.77. The van der Waals surface area contributed by atoms with Crippen molar-refractivity contribution < 1.29 is 4.74 Å². The third-order valence-corrected chi connectivity index (χ3v) is 5.84. The fourth-order valence-corrected chi connectivity index (χ4v) is 3.88. The molecule has 1 aliphatic rings. The van der Waals surface area contributed by atoms with Crippen molar-refractivity contribution in [3.8, 4) is 0 Å². The van der Waals surface area contributed by atoms with Gasteiger partial charge in [-0.15, -0.1) is 11.6 Å². The number of aliphatic imine (C=N–C) groups is 1. The maximum atomic E-state index is 6.41. The lowest BCUT2D eigenvalue weighted by Gasteiger charge is -2.43. The molecule has 0 amide bonds. The number of benzene rings is 1. The van der Waals surface area contributed by atoms with Gasteiger partial charge in [-0.25, -0.2) is 0 Å². The lowest BCUT2D eigenvalue weighted by molar-refractivity contribution is -0.0898. The SMILES string of the molecule is CCCOC1(C(C)CC)CCC(=Nc2cccc(Cl)c2)/C(=C(\N)CCl)C1. The Kier molecular flexibility index (Phi) is 8.00. The topological polar surface area (TPSA) is 47.6 Å². The van der Waals surface area contributed by atoms with Gasteiger partial charge in [-0.05, 0) is 49.0 Å². The smallest absolute Gasteiger partial charge is 0.0753 e. The van der Waals surface area contributed by atoms with Crippen LogP contribution in [0.15, 0.2) is 40.5 Å². The summed E-state index contributed by atoms with van der Waals surface area (Å²) in [6.07, 6.45) is 4.61. The number of hydrogen-bond acceptors (Lipinski definition) is 3. The van der Waals surface area contributed by atoms with Gasteiger partial charge in [0.1, 0.15) is 0 Å². The summed E-state index contributed by atoms with van der Waals surface area (Å²) >= 11 is 12.2. The minimum absolute atomic E-state index is 0.190. The molecule has 3 nitrogen and oxygen atoms in total. The van der Waals surface area contributed by atoms with Crippen LogP contribution in [0.25, 0.3) is 0 Å². The van der Waals surface area contributed by atoms with E-state index in [1.54, 1.807) is 0 Å². The highest BCUT2D eigenvalue weighted by Gasteiger charge is 2.41. The van der Waals surface area contributed by atoms with Gasteiger partial charge in [0.2, 0.25) is 0 Å². The summed E-state index contributed by atoms with van der Waals surface area (Å²) in [4.78, 5) is 4.84. The van der Waals surface area contributed by atoms with Gasteiger partial charge in [-0.1, -0.05) is 44.9 Å². The molecule has 0 aliphatic heterocycles. The van der Waals surface area contributed by atoms with E-state index in [2.05, 4.69) is 20.8 Å². The Morgan fingerprint density at radius 1 is 1.38 bits per heavy atom. The van der Waals surface area contributed by atoms with Crippen LogP contribution in [-0.4, -0.2) is 23.8 Å². The predicted octanol–water partition coefficient (Wildman–Crippen LogP) is 6.26. The average Bonchev–Trinajstić information content (AvgIpc) is 2.66. The van der Waals surface area contributed by atoms with E-state index in [4.69, 9.17) is 38.7 Å². The molecule has 1 aliphatic carbocycles. The molecule has 0 heterocycles. The number of nitrogens with two attached hydrogens (primary N) is 1. The number of allylic oxidation sites excluding steroid dienone is 1. The van der Waals surface area contributed by atoms with E-state index >= 15 is 0 Å². The molecule has 1 aromatic carbocycles. The molecule has 5 heteroatoms. The number of nitrogens with zero attached hydrogens (tertiary/aromatic N) is 1. The minimum Gasteiger partial charge on any atom is -0.401 e. The molecular weight excluding hydrogens is 367 g/mol. The minimum atomic E-state index is -0.190. The van der Waals surface area contributed by atoms with Crippen molar-refractivity contribution in [3.05, 3.63) is 40.6 Å². The largest absolute Gasteiger partial charge is 0.401 e. The first kappa shape index (κ1) is 21.3. The standard InChI is InChI=1S/C21H30Cl2N2O/c1-4-11-26-21(15(3)5-2)10-9-20(18(13-21)19(24)14-22)25-17-8-6-7-16(23)12-17/h6-8,12,15H,4-5,9-11,13-14,24H2,1-3H3/b19-18-,25-20?. The Balaban J connectivity index is 2.40. The van der Waals surface area contributed by atoms with Crippen LogP contribution in [0.4, 0.5) is 5.69 Å². The Hall–Kier alpha value is -1.03. The molecule has 0 spiro atoms. The molecule has 1 fully saturated rings. The van der Waals surface area contributed by atoms with E-state index in [0.717, 1.165) is 55.7 Å². The summed E-state index contributed by atoms with van der Waals surface area (Å²) in [5.41, 5.74) is 9.70. The number of halogens is 2. The normalized spacial score (nSPS) is 25.3. The molecule has 2 unspecified atom stereocenters. The van der Waals surface area contributed by atoms with Gasteiger partial charge in [0.25, 0.3) is 0 Å². The number of rotatable bonds is 7. The molecule has 2 atom stereocenters. The molecule has 0 aromatic heterocycles. The third kappa shape index (κ3) is 5.03. The zero-order valence-corrected chi connectivity index (χ0v) is 17.5. The molecule has 144 valence electrons. The highest BCUT2D eigenvalue weighted by atomic mass is 35.5. The van der Waals surface area contributed by atoms with Crippen LogP contribution in [0.2, 0.25) is 5.02 Å². The monoisotopic (exact) mass is 396 g/mol. The zero-order valence-electron chi connectivity index (χ0n) is 16.0. The maximum absolute atomic E-state index is 6.41. The zero-order chi connectivity index (χ0) is 19.2. The van der Waals surface area contributed by atoms with Crippen molar-refractivity contribution in [2.45, 2.75) is 58.5 Å². The average molecular weight is 397 g/mol. The van der Waals surface area contributed by atoms with Gasteiger partial charge in [0.05, 0.1) is 17.2 Å². The maximum Gasteiger partial charge on any atom is 0.0753 e. The quantitative estimate of drug-likeness (QED) is 0.552. The Bertz CT molecular complexity index is 672. The Morgan fingerprint density at radius 3 is 2.77 bits per heavy atom. The Morgan fingerprint density at radius 2 is 2.15 bits per heavy atom. The van der Waals surface area contributed by atoms with Crippen LogP contribution in [0, 0.1) is 5.92 Å². The molecule has 2 rings (SSSR count). The van der Waals surface area contributed by atoms with E-state index in [9.17, 15) is 0 Å². The van der Waals surface area contributed by atoms with Gasteiger partial charge in [0.15, 0.2) is 0 Å². The number of alkyl halides is 1. The van der Waals surface area contributed by atoms with E-state index in [1.165, 1.54) is 0 Å². The van der Waals surface area contributed by atoms with Gasteiger partial charge in [-0.2, -0.15) is 0 Å². The van der Waals surface area contributed by atoms with Crippen LogP contribution < -0.4 is 5.73 Å². The number of hydrogen-bond donors (Lipinski definition) is 1. The van der Waals surface area contributed by atoms with Crippen molar-refractivity contribution in [2.75, 3.05) is 12.5 Å². The van der Waals surface area contributed by atoms with Crippen molar-refractivity contribution in [1.82, 2.24) is 0 Å². The molecule has 0 bridgehead atoms. The van der Waals surface area contributed by atoms with Crippen LogP contribution in [-0.2, 0) is 4.74 Å². The molecule has 0 radical (unpaired) electrons. The van der Waals surface area contributed by atoms with E-state index in [1.807, 2.05) is 24.3 Å². The molecular formula is C21H30Cl2N2O. The molecule has 0 saturated heterocycles. The van der Waals surface area contributed by atoms with Gasteiger partial charge >= 0.3 is 0 Å². The summed E-state index contributed by atoms with van der Waals surface area (Å²) in [6.45, 7) is 7.39.